The summed E-state index contributed by atoms with van der Waals surface area (Å²) in [6.07, 6.45) is 1.07. The third kappa shape index (κ3) is 3.33. The molecule has 0 spiro atoms. The lowest BCUT2D eigenvalue weighted by atomic mass is 10.1. The minimum Gasteiger partial charge on any atom is -0.398 e. The third-order valence-electron chi connectivity index (χ3n) is 3.02. The highest BCUT2D eigenvalue weighted by atomic mass is 79.9. The molecule has 1 aromatic rings. The van der Waals surface area contributed by atoms with Crippen LogP contribution in [0.3, 0.4) is 0 Å². The molecule has 1 saturated heterocycles. The predicted molar refractivity (Wildman–Crippen MR) is 83.6 cm³/mol. The smallest absolute Gasteiger partial charge is 0.255 e. The molecule has 1 aliphatic rings. The van der Waals surface area contributed by atoms with Crippen molar-refractivity contribution in [3.05, 3.63) is 28.2 Å². The van der Waals surface area contributed by atoms with Gasteiger partial charge in [0, 0.05) is 29.0 Å². The maximum atomic E-state index is 12.3. The first-order valence-corrected chi connectivity index (χ1v) is 7.44. The maximum Gasteiger partial charge on any atom is 0.255 e. The largest absolute Gasteiger partial charge is 0.398 e. The van der Waals surface area contributed by atoms with E-state index in [1.54, 1.807) is 12.1 Å². The Kier molecular flexibility index (Phi) is 5.82. The number of carbonyl (C=O) groups excluding carboxylic acids is 1. The van der Waals surface area contributed by atoms with Crippen molar-refractivity contribution >= 4 is 51.7 Å². The number of anilines is 1. The van der Waals surface area contributed by atoms with Crippen LogP contribution in [0.5, 0.6) is 0 Å². The van der Waals surface area contributed by atoms with E-state index in [9.17, 15) is 4.79 Å². The van der Waals surface area contributed by atoms with Crippen LogP contribution in [0.25, 0.3) is 0 Å². The van der Waals surface area contributed by atoms with E-state index in [4.69, 9.17) is 5.73 Å². The van der Waals surface area contributed by atoms with Crippen molar-refractivity contribution in [1.82, 2.24) is 4.90 Å². The van der Waals surface area contributed by atoms with E-state index < -0.39 is 0 Å². The molecule has 0 saturated carbocycles. The number of nitrogen functional groups attached to an aromatic ring is 1. The van der Waals surface area contributed by atoms with Crippen LogP contribution in [0.1, 0.15) is 16.8 Å². The molecule has 2 rings (SSSR count). The fourth-order valence-corrected chi connectivity index (χ4v) is 3.56. The summed E-state index contributed by atoms with van der Waals surface area (Å²) in [7, 11) is 1.86. The van der Waals surface area contributed by atoms with Gasteiger partial charge in [0.05, 0.1) is 5.56 Å². The number of hydrogen-bond acceptors (Lipinski definition) is 3. The van der Waals surface area contributed by atoms with Crippen LogP contribution in [0, 0.1) is 0 Å². The molecule has 1 fully saturated rings. The minimum atomic E-state index is 0. The van der Waals surface area contributed by atoms with Gasteiger partial charge in [-0.05, 0) is 30.4 Å². The second-order valence-corrected chi connectivity index (χ2v) is 6.23. The number of amides is 1. The van der Waals surface area contributed by atoms with Crippen molar-refractivity contribution in [2.45, 2.75) is 12.5 Å². The van der Waals surface area contributed by atoms with Gasteiger partial charge in [-0.1, -0.05) is 15.9 Å². The van der Waals surface area contributed by atoms with Crippen LogP contribution >= 0.6 is 40.1 Å². The summed E-state index contributed by atoms with van der Waals surface area (Å²) in [6.45, 7) is 0. The van der Waals surface area contributed by atoms with Gasteiger partial charge in [-0.2, -0.15) is 11.8 Å². The summed E-state index contributed by atoms with van der Waals surface area (Å²) in [4.78, 5) is 14.1. The molecule has 1 aliphatic heterocycles. The molecule has 1 atom stereocenters. The van der Waals surface area contributed by atoms with Crippen LogP contribution in [0.4, 0.5) is 5.69 Å². The SMILES string of the molecule is CN(C(=O)c1ccc(Br)cc1N)C1CCSC1.Cl. The van der Waals surface area contributed by atoms with Gasteiger partial charge in [0.2, 0.25) is 0 Å². The number of halogens is 2. The van der Waals surface area contributed by atoms with Crippen molar-refractivity contribution < 1.29 is 4.79 Å². The molecule has 6 heteroatoms. The van der Waals surface area contributed by atoms with Crippen LogP contribution in [-0.4, -0.2) is 35.4 Å². The lowest BCUT2D eigenvalue weighted by Crippen LogP contribution is -2.37. The molecule has 3 nitrogen and oxygen atoms in total. The Morgan fingerprint density at radius 2 is 2.28 bits per heavy atom. The Balaban J connectivity index is 0.00000162. The summed E-state index contributed by atoms with van der Waals surface area (Å²) in [5.41, 5.74) is 7.00. The molecule has 0 bridgehead atoms. The van der Waals surface area contributed by atoms with Crippen LogP contribution < -0.4 is 5.73 Å². The fourth-order valence-electron chi connectivity index (χ4n) is 1.91. The second-order valence-electron chi connectivity index (χ2n) is 4.17. The predicted octanol–water partition coefficient (Wildman–Crippen LogP) is 3.03. The number of benzene rings is 1. The molecule has 0 radical (unpaired) electrons. The van der Waals surface area contributed by atoms with Crippen molar-refractivity contribution in [2.75, 3.05) is 24.3 Å². The standard InChI is InChI=1S/C12H15BrN2OS.ClH/c1-15(9-4-5-17-7-9)12(16)10-3-2-8(13)6-11(10)14;/h2-3,6,9H,4-5,7,14H2,1H3;1H. The van der Waals surface area contributed by atoms with Crippen molar-refractivity contribution in [2.24, 2.45) is 0 Å². The van der Waals surface area contributed by atoms with E-state index in [0.717, 1.165) is 22.4 Å². The molecule has 0 aliphatic carbocycles. The Bertz CT molecular complexity index is 438. The van der Waals surface area contributed by atoms with Crippen molar-refractivity contribution in [3.8, 4) is 0 Å². The molecule has 0 aromatic heterocycles. The average Bonchev–Trinajstić information content (AvgIpc) is 2.80. The average molecular weight is 352 g/mol. The Morgan fingerprint density at radius 3 is 2.83 bits per heavy atom. The van der Waals surface area contributed by atoms with Gasteiger partial charge in [-0.15, -0.1) is 12.4 Å². The first-order valence-electron chi connectivity index (χ1n) is 5.49. The highest BCUT2D eigenvalue weighted by molar-refractivity contribution is 9.10. The first kappa shape index (κ1) is 15.7. The van der Waals surface area contributed by atoms with Gasteiger partial charge in [0.25, 0.3) is 5.91 Å². The van der Waals surface area contributed by atoms with Gasteiger partial charge in [-0.25, -0.2) is 0 Å². The number of carbonyl (C=O) groups is 1. The van der Waals surface area contributed by atoms with Crippen LogP contribution in [-0.2, 0) is 0 Å². The molecule has 1 aromatic carbocycles. The summed E-state index contributed by atoms with van der Waals surface area (Å²) in [6, 6.07) is 5.74. The number of nitrogens with two attached hydrogens (primary N) is 1. The Labute approximate surface area is 126 Å². The molecule has 1 heterocycles. The van der Waals surface area contributed by atoms with Crippen molar-refractivity contribution in [3.63, 3.8) is 0 Å². The second kappa shape index (κ2) is 6.68. The van der Waals surface area contributed by atoms with Gasteiger partial charge in [0.15, 0.2) is 0 Å². The highest BCUT2D eigenvalue weighted by Gasteiger charge is 2.25. The number of hydrogen-bond donors (Lipinski definition) is 1. The molecular formula is C12H16BrClN2OS. The topological polar surface area (TPSA) is 46.3 Å². The van der Waals surface area contributed by atoms with Gasteiger partial charge in [-0.3, -0.25) is 4.79 Å². The van der Waals surface area contributed by atoms with E-state index in [0.29, 0.717) is 17.3 Å². The Hall–Kier alpha value is -0.390. The van der Waals surface area contributed by atoms with Crippen LogP contribution in [0.15, 0.2) is 22.7 Å². The van der Waals surface area contributed by atoms with E-state index in [1.807, 2.05) is 29.8 Å². The fraction of sp³-hybridized carbons (Fsp3) is 0.417. The van der Waals surface area contributed by atoms with E-state index >= 15 is 0 Å². The molecular weight excluding hydrogens is 336 g/mol. The van der Waals surface area contributed by atoms with E-state index in [-0.39, 0.29) is 18.3 Å². The zero-order valence-corrected chi connectivity index (χ0v) is 13.3. The number of rotatable bonds is 2. The summed E-state index contributed by atoms with van der Waals surface area (Å²) >= 11 is 5.24. The number of thioether (sulfide) groups is 1. The lowest BCUT2D eigenvalue weighted by molar-refractivity contribution is 0.0749. The van der Waals surface area contributed by atoms with E-state index in [1.165, 1.54) is 0 Å². The Morgan fingerprint density at radius 1 is 1.56 bits per heavy atom. The lowest BCUT2D eigenvalue weighted by Gasteiger charge is -2.24. The van der Waals surface area contributed by atoms with E-state index in [2.05, 4.69) is 15.9 Å². The molecule has 1 amide bonds. The zero-order valence-electron chi connectivity index (χ0n) is 10.1. The van der Waals surface area contributed by atoms with Gasteiger partial charge < -0.3 is 10.6 Å². The quantitative estimate of drug-likeness (QED) is 0.833. The monoisotopic (exact) mass is 350 g/mol. The molecule has 100 valence electrons. The third-order valence-corrected chi connectivity index (χ3v) is 4.66. The summed E-state index contributed by atoms with van der Waals surface area (Å²) in [5.74, 6) is 2.18. The molecule has 1 unspecified atom stereocenters. The highest BCUT2D eigenvalue weighted by Crippen LogP contribution is 2.25. The first-order chi connectivity index (χ1) is 8.09. The molecule has 2 N–H and O–H groups in total. The minimum absolute atomic E-state index is 0. The number of nitrogens with zero attached hydrogens (tertiary/aromatic N) is 1. The van der Waals surface area contributed by atoms with Crippen molar-refractivity contribution in [1.29, 1.82) is 0 Å². The molecule has 18 heavy (non-hydrogen) atoms. The van der Waals surface area contributed by atoms with Gasteiger partial charge in [0.1, 0.15) is 0 Å². The summed E-state index contributed by atoms with van der Waals surface area (Å²) in [5, 5.41) is 0. The van der Waals surface area contributed by atoms with Gasteiger partial charge >= 0.3 is 0 Å². The normalized spacial score (nSPS) is 18.2. The zero-order chi connectivity index (χ0) is 12.4. The summed E-state index contributed by atoms with van der Waals surface area (Å²) < 4.78 is 0.894. The maximum absolute atomic E-state index is 12.3. The van der Waals surface area contributed by atoms with Crippen LogP contribution in [0.2, 0.25) is 0 Å².